The number of rotatable bonds is 4. The van der Waals surface area contributed by atoms with Crippen molar-refractivity contribution in [1.29, 1.82) is 0 Å². The minimum Gasteiger partial charge on any atom is -0.481 e. The smallest absolute Gasteiger partial charge is 0.310 e. The molecule has 84 valence electrons. The van der Waals surface area contributed by atoms with Gasteiger partial charge in [0, 0.05) is 6.04 Å². The van der Waals surface area contributed by atoms with Gasteiger partial charge in [-0.1, -0.05) is 12.2 Å². The van der Waals surface area contributed by atoms with Crippen LogP contribution >= 0.6 is 0 Å². The Balaban J connectivity index is 2.34. The van der Waals surface area contributed by atoms with E-state index in [4.69, 9.17) is 5.11 Å². The summed E-state index contributed by atoms with van der Waals surface area (Å²) in [7, 11) is 3.62. The Morgan fingerprint density at radius 1 is 1.47 bits per heavy atom. The number of amides is 1. The molecule has 5 nitrogen and oxygen atoms in total. The molecule has 2 unspecified atom stereocenters. The van der Waals surface area contributed by atoms with Gasteiger partial charge in [-0.3, -0.25) is 9.59 Å². The van der Waals surface area contributed by atoms with E-state index >= 15 is 0 Å². The van der Waals surface area contributed by atoms with Crippen molar-refractivity contribution in [2.45, 2.75) is 12.5 Å². The first kappa shape index (κ1) is 11.7. The largest absolute Gasteiger partial charge is 0.481 e. The van der Waals surface area contributed by atoms with Gasteiger partial charge in [0.2, 0.25) is 5.91 Å². The van der Waals surface area contributed by atoms with Gasteiger partial charge in [0.1, 0.15) is 0 Å². The number of aliphatic carboxylic acids is 1. The molecule has 0 heterocycles. The Labute approximate surface area is 88.8 Å². The molecular formula is C10H16N2O3. The molecule has 0 aromatic heterocycles. The van der Waals surface area contributed by atoms with Gasteiger partial charge in [-0.25, -0.2) is 0 Å². The maximum absolute atomic E-state index is 11.4. The SMILES string of the molecule is CN(C)CC(=O)NC1C=CC(C(=O)O)C1. The van der Waals surface area contributed by atoms with Crippen molar-refractivity contribution in [3.8, 4) is 0 Å². The monoisotopic (exact) mass is 212 g/mol. The molecule has 0 saturated heterocycles. The van der Waals surface area contributed by atoms with E-state index in [1.807, 2.05) is 14.1 Å². The number of nitrogens with one attached hydrogen (secondary N) is 1. The van der Waals surface area contributed by atoms with Crippen molar-refractivity contribution >= 4 is 11.9 Å². The van der Waals surface area contributed by atoms with Crippen LogP contribution in [0.4, 0.5) is 0 Å². The van der Waals surface area contributed by atoms with Gasteiger partial charge in [0.25, 0.3) is 0 Å². The van der Waals surface area contributed by atoms with Gasteiger partial charge in [-0.05, 0) is 20.5 Å². The van der Waals surface area contributed by atoms with Gasteiger partial charge < -0.3 is 15.3 Å². The Bertz CT molecular complexity index is 286. The summed E-state index contributed by atoms with van der Waals surface area (Å²) in [6.45, 7) is 0.322. The minimum atomic E-state index is -0.837. The Morgan fingerprint density at radius 3 is 2.60 bits per heavy atom. The zero-order chi connectivity index (χ0) is 11.4. The fourth-order valence-electron chi connectivity index (χ4n) is 1.53. The zero-order valence-electron chi connectivity index (χ0n) is 8.93. The highest BCUT2D eigenvalue weighted by Crippen LogP contribution is 2.17. The van der Waals surface area contributed by atoms with E-state index < -0.39 is 11.9 Å². The Kier molecular flexibility index (Phi) is 3.85. The van der Waals surface area contributed by atoms with Gasteiger partial charge >= 0.3 is 5.97 Å². The molecule has 0 aromatic carbocycles. The average molecular weight is 212 g/mol. The first-order valence-electron chi connectivity index (χ1n) is 4.84. The van der Waals surface area contributed by atoms with E-state index in [0.717, 1.165) is 0 Å². The van der Waals surface area contributed by atoms with Crippen LogP contribution in [0, 0.1) is 5.92 Å². The van der Waals surface area contributed by atoms with Crippen LogP contribution in [0.5, 0.6) is 0 Å². The topological polar surface area (TPSA) is 69.6 Å². The summed E-state index contributed by atoms with van der Waals surface area (Å²) in [5.74, 6) is -1.38. The van der Waals surface area contributed by atoms with Gasteiger partial charge in [-0.15, -0.1) is 0 Å². The van der Waals surface area contributed by atoms with E-state index in [1.165, 1.54) is 0 Å². The maximum atomic E-state index is 11.4. The fourth-order valence-corrected chi connectivity index (χ4v) is 1.53. The normalized spacial score (nSPS) is 24.5. The zero-order valence-corrected chi connectivity index (χ0v) is 8.93. The number of carboxylic acids is 1. The summed E-state index contributed by atoms with van der Waals surface area (Å²) < 4.78 is 0. The highest BCUT2D eigenvalue weighted by atomic mass is 16.4. The van der Waals surface area contributed by atoms with Crippen molar-refractivity contribution in [2.75, 3.05) is 20.6 Å². The molecule has 0 bridgehead atoms. The van der Waals surface area contributed by atoms with E-state index in [9.17, 15) is 9.59 Å². The second kappa shape index (κ2) is 4.93. The minimum absolute atomic E-state index is 0.0827. The second-order valence-electron chi connectivity index (χ2n) is 3.98. The van der Waals surface area contributed by atoms with Crippen LogP contribution in [0.15, 0.2) is 12.2 Å². The number of carbonyl (C=O) groups excluding carboxylic acids is 1. The van der Waals surface area contributed by atoms with Crippen molar-refractivity contribution in [1.82, 2.24) is 10.2 Å². The maximum Gasteiger partial charge on any atom is 0.310 e. The standard InChI is InChI=1S/C10H16N2O3/c1-12(2)6-9(13)11-8-4-3-7(5-8)10(14)15/h3-4,7-8H,5-6H2,1-2H3,(H,11,13)(H,14,15). The first-order chi connectivity index (χ1) is 6.99. The van der Waals surface area contributed by atoms with E-state index in [-0.39, 0.29) is 11.9 Å². The third-order valence-electron chi connectivity index (χ3n) is 2.21. The number of hydrogen-bond acceptors (Lipinski definition) is 3. The van der Waals surface area contributed by atoms with Gasteiger partial charge in [0.15, 0.2) is 0 Å². The lowest BCUT2D eigenvalue weighted by Crippen LogP contribution is -2.39. The quantitative estimate of drug-likeness (QED) is 0.627. The van der Waals surface area contributed by atoms with Crippen LogP contribution in [0.1, 0.15) is 6.42 Å². The van der Waals surface area contributed by atoms with Crippen LogP contribution in [-0.4, -0.2) is 48.6 Å². The van der Waals surface area contributed by atoms with E-state index in [2.05, 4.69) is 5.32 Å². The lowest BCUT2D eigenvalue weighted by molar-refractivity contribution is -0.140. The van der Waals surface area contributed by atoms with Crippen molar-refractivity contribution in [2.24, 2.45) is 5.92 Å². The molecule has 0 fully saturated rings. The molecular weight excluding hydrogens is 196 g/mol. The molecule has 0 aliphatic heterocycles. The predicted molar refractivity (Wildman–Crippen MR) is 55.4 cm³/mol. The number of hydrogen-bond donors (Lipinski definition) is 2. The van der Waals surface area contributed by atoms with Crippen LogP contribution < -0.4 is 5.32 Å². The summed E-state index contributed by atoms with van der Waals surface area (Å²) in [5, 5.41) is 11.5. The molecule has 2 N–H and O–H groups in total. The second-order valence-corrected chi connectivity index (χ2v) is 3.98. The summed E-state index contributed by atoms with van der Waals surface area (Å²) in [5.41, 5.74) is 0. The Hall–Kier alpha value is -1.36. The van der Waals surface area contributed by atoms with Crippen LogP contribution in [-0.2, 0) is 9.59 Å². The summed E-state index contributed by atoms with van der Waals surface area (Å²) >= 11 is 0. The third kappa shape index (κ3) is 3.71. The third-order valence-corrected chi connectivity index (χ3v) is 2.21. The van der Waals surface area contributed by atoms with Crippen LogP contribution in [0.25, 0.3) is 0 Å². The molecule has 1 aliphatic carbocycles. The molecule has 0 aromatic rings. The lowest BCUT2D eigenvalue weighted by atomic mass is 10.1. The Morgan fingerprint density at radius 2 is 2.13 bits per heavy atom. The molecule has 0 saturated carbocycles. The van der Waals surface area contributed by atoms with Gasteiger partial charge in [-0.2, -0.15) is 0 Å². The molecule has 5 heteroatoms. The molecule has 1 amide bonds. The van der Waals surface area contributed by atoms with Crippen LogP contribution in [0.2, 0.25) is 0 Å². The lowest BCUT2D eigenvalue weighted by Gasteiger charge is -2.14. The van der Waals surface area contributed by atoms with Crippen molar-refractivity contribution in [3.05, 3.63) is 12.2 Å². The highest BCUT2D eigenvalue weighted by Gasteiger charge is 2.25. The number of carboxylic acid groups (broad SMARTS) is 1. The van der Waals surface area contributed by atoms with Gasteiger partial charge in [0.05, 0.1) is 12.5 Å². The molecule has 0 spiro atoms. The molecule has 15 heavy (non-hydrogen) atoms. The van der Waals surface area contributed by atoms with Crippen LogP contribution in [0.3, 0.4) is 0 Å². The number of nitrogens with zero attached hydrogens (tertiary/aromatic N) is 1. The first-order valence-corrected chi connectivity index (χ1v) is 4.84. The van der Waals surface area contributed by atoms with Crippen molar-refractivity contribution < 1.29 is 14.7 Å². The molecule has 0 radical (unpaired) electrons. The molecule has 2 atom stereocenters. The average Bonchev–Trinajstić information content (AvgIpc) is 2.50. The number of likely N-dealkylation sites (N-methyl/N-ethyl adjacent to an activating group) is 1. The fraction of sp³-hybridized carbons (Fsp3) is 0.600. The summed E-state index contributed by atoms with van der Waals surface area (Å²) in [4.78, 5) is 23.8. The molecule has 1 rings (SSSR count). The summed E-state index contributed by atoms with van der Waals surface area (Å²) in [6, 6.07) is -0.140. The van der Waals surface area contributed by atoms with Crippen molar-refractivity contribution in [3.63, 3.8) is 0 Å². The van der Waals surface area contributed by atoms with E-state index in [1.54, 1.807) is 17.1 Å². The highest BCUT2D eigenvalue weighted by molar-refractivity contribution is 5.79. The predicted octanol–water partition coefficient (Wildman–Crippen LogP) is -0.306. The molecule has 1 aliphatic rings. The number of carbonyl (C=O) groups is 2. The summed E-state index contributed by atoms with van der Waals surface area (Å²) in [6.07, 6.45) is 3.82. The van der Waals surface area contributed by atoms with E-state index in [0.29, 0.717) is 13.0 Å².